The Bertz CT molecular complexity index is 769. The van der Waals surface area contributed by atoms with Gasteiger partial charge in [-0.1, -0.05) is 30.3 Å². The van der Waals surface area contributed by atoms with E-state index in [0.29, 0.717) is 25.9 Å². The molecule has 1 aromatic heterocycles. The molecule has 3 rings (SSSR count). The van der Waals surface area contributed by atoms with Gasteiger partial charge >= 0.3 is 0 Å². The molecule has 0 saturated carbocycles. The van der Waals surface area contributed by atoms with Gasteiger partial charge in [0.1, 0.15) is 6.33 Å². The van der Waals surface area contributed by atoms with E-state index in [4.69, 9.17) is 0 Å². The number of aromatic amines is 1. The van der Waals surface area contributed by atoms with E-state index in [9.17, 15) is 13.2 Å². The van der Waals surface area contributed by atoms with Crippen LogP contribution < -0.4 is 0 Å². The first-order chi connectivity index (χ1) is 11.6. The van der Waals surface area contributed by atoms with Gasteiger partial charge in [0.25, 0.3) is 15.2 Å². The van der Waals surface area contributed by atoms with Crippen molar-refractivity contribution in [1.29, 1.82) is 0 Å². The number of rotatable bonds is 5. The van der Waals surface area contributed by atoms with Gasteiger partial charge in [-0.15, -0.1) is 0 Å². The molecule has 2 aromatic rings. The van der Waals surface area contributed by atoms with Crippen molar-refractivity contribution in [2.75, 3.05) is 26.2 Å². The Morgan fingerprint density at radius 2 is 1.83 bits per heavy atom. The first kappa shape index (κ1) is 16.6. The Morgan fingerprint density at radius 1 is 1.12 bits per heavy atom. The lowest BCUT2D eigenvalue weighted by Crippen LogP contribution is -2.50. The highest BCUT2D eigenvalue weighted by molar-refractivity contribution is 7.88. The summed E-state index contributed by atoms with van der Waals surface area (Å²) in [6, 6.07) is 9.84. The van der Waals surface area contributed by atoms with Crippen LogP contribution in [0.25, 0.3) is 0 Å². The molecule has 2 heterocycles. The number of H-pyrrole nitrogens is 1. The average Bonchev–Trinajstić information content (AvgIpc) is 3.16. The maximum atomic E-state index is 12.3. The maximum absolute atomic E-state index is 12.3. The molecular weight excluding hydrogens is 330 g/mol. The number of carbonyl (C=O) groups excluding carboxylic acids is 1. The SMILES string of the molecule is O=C(CCc1ccccc1)N1CCN(S(=O)(=O)c2ncn[nH]2)CC1. The van der Waals surface area contributed by atoms with Gasteiger partial charge in [0.05, 0.1) is 0 Å². The van der Waals surface area contributed by atoms with Crippen molar-refractivity contribution in [3.8, 4) is 0 Å². The minimum atomic E-state index is -3.66. The number of nitrogens with one attached hydrogen (secondary N) is 1. The molecule has 0 unspecified atom stereocenters. The quantitative estimate of drug-likeness (QED) is 0.835. The van der Waals surface area contributed by atoms with Gasteiger partial charge in [-0.2, -0.15) is 9.40 Å². The molecule has 9 heteroatoms. The molecule has 1 aliphatic heterocycles. The second-order valence-corrected chi connectivity index (χ2v) is 7.41. The van der Waals surface area contributed by atoms with E-state index in [0.717, 1.165) is 11.9 Å². The largest absolute Gasteiger partial charge is 0.340 e. The van der Waals surface area contributed by atoms with Crippen LogP contribution in [0.15, 0.2) is 41.8 Å². The van der Waals surface area contributed by atoms with Gasteiger partial charge in [-0.05, 0) is 12.0 Å². The summed E-state index contributed by atoms with van der Waals surface area (Å²) in [4.78, 5) is 17.7. The lowest BCUT2D eigenvalue weighted by atomic mass is 10.1. The second kappa shape index (κ2) is 7.10. The molecule has 0 spiro atoms. The zero-order valence-electron chi connectivity index (χ0n) is 13.1. The number of sulfonamides is 1. The normalized spacial score (nSPS) is 16.2. The maximum Gasteiger partial charge on any atom is 0.278 e. The first-order valence-electron chi connectivity index (χ1n) is 7.74. The fourth-order valence-corrected chi connectivity index (χ4v) is 3.91. The molecule has 1 aliphatic rings. The van der Waals surface area contributed by atoms with Crippen LogP contribution in [0, 0.1) is 0 Å². The van der Waals surface area contributed by atoms with E-state index < -0.39 is 10.0 Å². The van der Waals surface area contributed by atoms with Crippen LogP contribution in [0.5, 0.6) is 0 Å². The molecule has 0 radical (unpaired) electrons. The predicted octanol–water partition coefficient (Wildman–Crippen LogP) is 0.270. The van der Waals surface area contributed by atoms with Gasteiger partial charge in [0.2, 0.25) is 5.91 Å². The topological polar surface area (TPSA) is 99.3 Å². The molecule has 1 N–H and O–H groups in total. The van der Waals surface area contributed by atoms with E-state index in [2.05, 4.69) is 15.2 Å². The molecule has 0 bridgehead atoms. The van der Waals surface area contributed by atoms with Gasteiger partial charge in [0, 0.05) is 32.6 Å². The standard InChI is InChI=1S/C15H19N5O3S/c21-14(7-6-13-4-2-1-3-5-13)19-8-10-20(11-9-19)24(22,23)15-16-12-17-18-15/h1-5,12H,6-11H2,(H,16,17,18). The molecular formula is C15H19N5O3S. The molecule has 0 aliphatic carbocycles. The molecule has 128 valence electrons. The van der Waals surface area contributed by atoms with Gasteiger partial charge in [-0.3, -0.25) is 4.79 Å². The van der Waals surface area contributed by atoms with Crippen LogP contribution in [-0.4, -0.2) is 64.9 Å². The third kappa shape index (κ3) is 3.62. The number of benzene rings is 1. The fraction of sp³-hybridized carbons (Fsp3) is 0.400. The van der Waals surface area contributed by atoms with Crippen LogP contribution in [0.1, 0.15) is 12.0 Å². The van der Waals surface area contributed by atoms with Gasteiger partial charge < -0.3 is 4.90 Å². The number of aromatic nitrogens is 3. The van der Waals surface area contributed by atoms with Gasteiger partial charge in [0.15, 0.2) is 0 Å². The zero-order valence-corrected chi connectivity index (χ0v) is 13.9. The van der Waals surface area contributed by atoms with Crippen molar-refractivity contribution in [3.05, 3.63) is 42.2 Å². The molecule has 1 fully saturated rings. The van der Waals surface area contributed by atoms with Crippen LogP contribution in [-0.2, 0) is 21.2 Å². The number of carbonyl (C=O) groups is 1. The summed E-state index contributed by atoms with van der Waals surface area (Å²) in [6.07, 6.45) is 2.28. The summed E-state index contributed by atoms with van der Waals surface area (Å²) < 4.78 is 26.0. The summed E-state index contributed by atoms with van der Waals surface area (Å²) in [5.74, 6) is 0.0515. The minimum absolute atomic E-state index is 0.0515. The monoisotopic (exact) mass is 349 g/mol. The number of hydrogen-bond donors (Lipinski definition) is 1. The van der Waals surface area contributed by atoms with Crippen LogP contribution in [0.4, 0.5) is 0 Å². The van der Waals surface area contributed by atoms with Gasteiger partial charge in [-0.25, -0.2) is 18.5 Å². The number of piperazine rings is 1. The summed E-state index contributed by atoms with van der Waals surface area (Å²) in [6.45, 7) is 1.31. The van der Waals surface area contributed by atoms with Crippen molar-refractivity contribution >= 4 is 15.9 Å². The number of amides is 1. The smallest absolute Gasteiger partial charge is 0.278 e. The molecule has 8 nitrogen and oxygen atoms in total. The van der Waals surface area contributed by atoms with Crippen molar-refractivity contribution < 1.29 is 13.2 Å². The Balaban J connectivity index is 1.52. The lowest BCUT2D eigenvalue weighted by Gasteiger charge is -2.33. The number of aryl methyl sites for hydroxylation is 1. The van der Waals surface area contributed by atoms with E-state index in [-0.39, 0.29) is 24.2 Å². The van der Waals surface area contributed by atoms with Crippen molar-refractivity contribution in [3.63, 3.8) is 0 Å². The second-order valence-electron chi connectivity index (χ2n) is 5.56. The zero-order chi connectivity index (χ0) is 17.0. The summed E-state index contributed by atoms with van der Waals surface area (Å²) in [5.41, 5.74) is 1.12. The van der Waals surface area contributed by atoms with Crippen molar-refractivity contribution in [2.24, 2.45) is 0 Å². The molecule has 24 heavy (non-hydrogen) atoms. The fourth-order valence-electron chi connectivity index (χ4n) is 2.67. The Morgan fingerprint density at radius 3 is 2.46 bits per heavy atom. The summed E-state index contributed by atoms with van der Waals surface area (Å²) in [5, 5.41) is 5.79. The van der Waals surface area contributed by atoms with E-state index >= 15 is 0 Å². The lowest BCUT2D eigenvalue weighted by molar-refractivity contribution is -0.132. The predicted molar refractivity (Wildman–Crippen MR) is 86.5 cm³/mol. The van der Waals surface area contributed by atoms with Crippen LogP contribution >= 0.6 is 0 Å². The highest BCUT2D eigenvalue weighted by Gasteiger charge is 2.31. The van der Waals surface area contributed by atoms with Crippen LogP contribution in [0.3, 0.4) is 0 Å². The summed E-state index contributed by atoms with van der Waals surface area (Å²) >= 11 is 0. The van der Waals surface area contributed by atoms with Crippen molar-refractivity contribution in [2.45, 2.75) is 18.0 Å². The van der Waals surface area contributed by atoms with E-state index in [1.807, 2.05) is 30.3 Å². The first-order valence-corrected chi connectivity index (χ1v) is 9.18. The Hall–Kier alpha value is -2.26. The Labute approximate surface area is 140 Å². The number of hydrogen-bond acceptors (Lipinski definition) is 5. The van der Waals surface area contributed by atoms with Crippen LogP contribution in [0.2, 0.25) is 0 Å². The highest BCUT2D eigenvalue weighted by Crippen LogP contribution is 2.14. The molecule has 1 saturated heterocycles. The Kier molecular flexibility index (Phi) is 4.91. The molecule has 1 amide bonds. The van der Waals surface area contributed by atoms with E-state index in [1.54, 1.807) is 4.90 Å². The molecule has 0 atom stereocenters. The summed E-state index contributed by atoms with van der Waals surface area (Å²) in [7, 11) is -3.66. The highest BCUT2D eigenvalue weighted by atomic mass is 32.2. The average molecular weight is 349 g/mol. The number of nitrogens with zero attached hydrogens (tertiary/aromatic N) is 4. The molecule has 1 aromatic carbocycles. The third-order valence-electron chi connectivity index (χ3n) is 4.04. The van der Waals surface area contributed by atoms with Crippen molar-refractivity contribution in [1.82, 2.24) is 24.4 Å². The minimum Gasteiger partial charge on any atom is -0.340 e. The van der Waals surface area contributed by atoms with E-state index in [1.165, 1.54) is 4.31 Å². The third-order valence-corrected chi connectivity index (χ3v) is 5.77.